The van der Waals surface area contributed by atoms with Crippen LogP contribution in [0.4, 0.5) is 5.69 Å². The summed E-state index contributed by atoms with van der Waals surface area (Å²) in [7, 11) is 2.26. The molecule has 3 aliphatic rings. The maximum absolute atomic E-state index is 5.58. The summed E-state index contributed by atoms with van der Waals surface area (Å²) in [6, 6.07) is 21.4. The second kappa shape index (κ2) is 10.7. The second-order valence-corrected chi connectivity index (χ2v) is 10.1. The molecule has 3 saturated heterocycles. The lowest BCUT2D eigenvalue weighted by Gasteiger charge is -2.50. The van der Waals surface area contributed by atoms with Gasteiger partial charge in [0.1, 0.15) is 0 Å². The Morgan fingerprint density at radius 1 is 1.12 bits per heavy atom. The molecule has 2 aromatic carbocycles. The van der Waals surface area contributed by atoms with Gasteiger partial charge in [0.2, 0.25) is 0 Å². The van der Waals surface area contributed by atoms with Crippen molar-refractivity contribution in [1.82, 2.24) is 24.9 Å². The number of hydrogen-bond acceptors (Lipinski definition) is 4. The SMILES string of the molecule is CN(Cc1ccccc1)CC1CN2CCC1CC2CNC(=S)Nc1ccc(-n2cccn2)cc1. The number of piperidine rings is 3. The number of fused-ring (bicyclic) bond motifs is 3. The quantitative estimate of drug-likeness (QED) is 0.481. The van der Waals surface area contributed by atoms with Crippen molar-refractivity contribution in [1.29, 1.82) is 0 Å². The van der Waals surface area contributed by atoms with Crippen molar-refractivity contribution in [3.05, 3.63) is 78.6 Å². The van der Waals surface area contributed by atoms with E-state index in [0.29, 0.717) is 11.2 Å². The number of benzene rings is 2. The van der Waals surface area contributed by atoms with Crippen LogP contribution in [0.1, 0.15) is 18.4 Å². The summed E-state index contributed by atoms with van der Waals surface area (Å²) in [5, 5.41) is 11.7. The summed E-state index contributed by atoms with van der Waals surface area (Å²) in [5.41, 5.74) is 3.41. The van der Waals surface area contributed by atoms with Crippen molar-refractivity contribution >= 4 is 23.0 Å². The molecule has 0 aliphatic carbocycles. The molecule has 3 fully saturated rings. The Morgan fingerprint density at radius 2 is 1.94 bits per heavy atom. The second-order valence-electron chi connectivity index (χ2n) is 9.71. The highest BCUT2D eigenvalue weighted by Crippen LogP contribution is 2.36. The third kappa shape index (κ3) is 5.66. The van der Waals surface area contributed by atoms with Crippen LogP contribution in [-0.4, -0.2) is 64.0 Å². The van der Waals surface area contributed by atoms with Crippen molar-refractivity contribution in [2.24, 2.45) is 11.8 Å². The first-order chi connectivity index (χ1) is 16.6. The molecule has 2 N–H and O–H groups in total. The zero-order chi connectivity index (χ0) is 23.3. The number of anilines is 1. The molecular weight excluding hydrogens is 440 g/mol. The van der Waals surface area contributed by atoms with E-state index in [2.05, 4.69) is 62.9 Å². The van der Waals surface area contributed by atoms with Crippen LogP contribution in [-0.2, 0) is 6.54 Å². The van der Waals surface area contributed by atoms with E-state index in [0.717, 1.165) is 36.3 Å². The Kier molecular flexibility index (Phi) is 7.23. The van der Waals surface area contributed by atoms with Gasteiger partial charge in [0.05, 0.1) is 5.69 Å². The van der Waals surface area contributed by atoms with Gasteiger partial charge in [-0.25, -0.2) is 4.68 Å². The van der Waals surface area contributed by atoms with E-state index in [1.54, 1.807) is 6.20 Å². The van der Waals surface area contributed by atoms with Crippen LogP contribution in [0.15, 0.2) is 73.1 Å². The number of nitrogens with zero attached hydrogens (tertiary/aromatic N) is 4. The maximum Gasteiger partial charge on any atom is 0.170 e. The van der Waals surface area contributed by atoms with E-state index in [1.165, 1.54) is 38.0 Å². The van der Waals surface area contributed by atoms with Gasteiger partial charge in [0, 0.05) is 50.3 Å². The highest BCUT2D eigenvalue weighted by molar-refractivity contribution is 7.80. The lowest BCUT2D eigenvalue weighted by molar-refractivity contribution is -0.00845. The molecule has 0 saturated carbocycles. The first kappa shape index (κ1) is 23.0. The van der Waals surface area contributed by atoms with Gasteiger partial charge in [-0.15, -0.1) is 0 Å². The van der Waals surface area contributed by atoms with Gasteiger partial charge in [0.15, 0.2) is 5.11 Å². The molecule has 0 amide bonds. The molecule has 3 aliphatic heterocycles. The molecular formula is C27H34N6S. The number of nitrogens with one attached hydrogen (secondary N) is 2. The number of aromatic nitrogens is 2. The van der Waals surface area contributed by atoms with Crippen LogP contribution >= 0.6 is 12.2 Å². The monoisotopic (exact) mass is 474 g/mol. The summed E-state index contributed by atoms with van der Waals surface area (Å²) < 4.78 is 1.85. The maximum atomic E-state index is 5.58. The Bertz CT molecular complexity index is 1050. The van der Waals surface area contributed by atoms with Crippen molar-refractivity contribution in [2.75, 3.05) is 38.5 Å². The Morgan fingerprint density at radius 3 is 2.65 bits per heavy atom. The fourth-order valence-corrected chi connectivity index (χ4v) is 5.73. The van der Waals surface area contributed by atoms with E-state index in [4.69, 9.17) is 12.2 Å². The molecule has 4 atom stereocenters. The highest BCUT2D eigenvalue weighted by atomic mass is 32.1. The Labute approximate surface area is 207 Å². The highest BCUT2D eigenvalue weighted by Gasteiger charge is 2.40. The molecule has 0 radical (unpaired) electrons. The van der Waals surface area contributed by atoms with Crippen LogP contribution in [0.2, 0.25) is 0 Å². The summed E-state index contributed by atoms with van der Waals surface area (Å²) in [5.74, 6) is 1.57. The smallest absolute Gasteiger partial charge is 0.170 e. The van der Waals surface area contributed by atoms with Gasteiger partial charge in [-0.2, -0.15) is 5.10 Å². The van der Waals surface area contributed by atoms with Crippen LogP contribution in [0.25, 0.3) is 5.69 Å². The fraction of sp³-hybridized carbons (Fsp3) is 0.407. The van der Waals surface area contributed by atoms with E-state index >= 15 is 0 Å². The largest absolute Gasteiger partial charge is 0.361 e. The number of thiocarbonyl (C=S) groups is 1. The number of rotatable bonds is 8. The van der Waals surface area contributed by atoms with Gasteiger partial charge < -0.3 is 15.5 Å². The minimum Gasteiger partial charge on any atom is -0.361 e. The molecule has 6 rings (SSSR count). The van der Waals surface area contributed by atoms with E-state index in [1.807, 2.05) is 41.2 Å². The molecule has 4 heterocycles. The molecule has 2 bridgehead atoms. The van der Waals surface area contributed by atoms with Crippen LogP contribution in [0.3, 0.4) is 0 Å². The first-order valence-electron chi connectivity index (χ1n) is 12.3. The minimum atomic E-state index is 0.566. The standard InChI is InChI=1S/C27H34N6S/c1-31(18-21-6-3-2-4-7-21)19-23-20-32-15-12-22(23)16-26(32)17-28-27(34)30-24-8-10-25(11-9-24)33-14-5-13-29-33/h2-11,13-14,22-23,26H,12,15-20H2,1H3,(H2,28,30,34). The average Bonchev–Trinajstić information content (AvgIpc) is 3.39. The third-order valence-corrected chi connectivity index (χ3v) is 7.49. The van der Waals surface area contributed by atoms with Gasteiger partial charge in [-0.1, -0.05) is 30.3 Å². The molecule has 3 aromatic rings. The molecule has 178 valence electrons. The zero-order valence-corrected chi connectivity index (χ0v) is 20.6. The molecule has 34 heavy (non-hydrogen) atoms. The molecule has 0 spiro atoms. The van der Waals surface area contributed by atoms with Crippen LogP contribution in [0, 0.1) is 11.8 Å². The van der Waals surface area contributed by atoms with Crippen molar-refractivity contribution in [2.45, 2.75) is 25.4 Å². The Hall–Kier alpha value is -2.74. The minimum absolute atomic E-state index is 0.566. The van der Waals surface area contributed by atoms with E-state index in [-0.39, 0.29) is 0 Å². The lowest BCUT2D eigenvalue weighted by atomic mass is 9.75. The predicted octanol–water partition coefficient (Wildman–Crippen LogP) is 4.00. The molecule has 4 unspecified atom stereocenters. The number of hydrogen-bond donors (Lipinski definition) is 2. The summed E-state index contributed by atoms with van der Waals surface area (Å²) in [6.45, 7) is 5.51. The van der Waals surface area contributed by atoms with Crippen LogP contribution < -0.4 is 10.6 Å². The molecule has 7 heteroatoms. The molecule has 1 aromatic heterocycles. The zero-order valence-electron chi connectivity index (χ0n) is 19.8. The fourth-order valence-electron chi connectivity index (χ4n) is 5.53. The Balaban J connectivity index is 1.07. The van der Waals surface area contributed by atoms with Crippen LogP contribution in [0.5, 0.6) is 0 Å². The third-order valence-electron chi connectivity index (χ3n) is 7.25. The predicted molar refractivity (Wildman–Crippen MR) is 142 cm³/mol. The average molecular weight is 475 g/mol. The van der Waals surface area contributed by atoms with Crippen molar-refractivity contribution < 1.29 is 0 Å². The molecule has 6 nitrogen and oxygen atoms in total. The van der Waals surface area contributed by atoms with Gasteiger partial charge in [-0.05, 0) is 86.4 Å². The van der Waals surface area contributed by atoms with Gasteiger partial charge >= 0.3 is 0 Å². The first-order valence-corrected chi connectivity index (χ1v) is 12.7. The van der Waals surface area contributed by atoms with Gasteiger partial charge in [0.25, 0.3) is 0 Å². The summed E-state index contributed by atoms with van der Waals surface area (Å²) in [6.07, 6.45) is 6.31. The topological polar surface area (TPSA) is 48.4 Å². The summed E-state index contributed by atoms with van der Waals surface area (Å²) in [4.78, 5) is 5.17. The van der Waals surface area contributed by atoms with Crippen molar-refractivity contribution in [3.8, 4) is 5.69 Å². The van der Waals surface area contributed by atoms with E-state index < -0.39 is 0 Å². The lowest BCUT2D eigenvalue weighted by Crippen LogP contribution is -2.58. The van der Waals surface area contributed by atoms with Crippen molar-refractivity contribution in [3.63, 3.8) is 0 Å². The normalized spacial score (nSPS) is 23.7. The summed E-state index contributed by atoms with van der Waals surface area (Å²) >= 11 is 5.58. The van der Waals surface area contributed by atoms with E-state index in [9.17, 15) is 0 Å². The van der Waals surface area contributed by atoms with Gasteiger partial charge in [-0.3, -0.25) is 4.90 Å².